The fourth-order valence-corrected chi connectivity index (χ4v) is 1.05. The third-order valence-electron chi connectivity index (χ3n) is 1.69. The number of aryl methyl sites for hydroxylation is 1. The minimum absolute atomic E-state index is 0.231. The molecule has 0 unspecified atom stereocenters. The van der Waals surface area contributed by atoms with Crippen LogP contribution in [-0.4, -0.2) is 12.6 Å². The maximum Gasteiger partial charge on any atom is 0.338 e. The van der Waals surface area contributed by atoms with Crippen molar-refractivity contribution < 1.29 is 9.53 Å². The summed E-state index contributed by atoms with van der Waals surface area (Å²) in [5.74, 6) is -0.231. The maximum atomic E-state index is 11.3. The molecule has 70 valence electrons. The molecule has 0 heterocycles. The fraction of sp³-hybridized carbons (Fsp3) is 0.364. The average molecular weight is 178 g/mol. The van der Waals surface area contributed by atoms with Gasteiger partial charge in [0, 0.05) is 0 Å². The molecule has 1 aromatic rings. The Morgan fingerprint density at radius 3 is 2.85 bits per heavy atom. The van der Waals surface area contributed by atoms with Gasteiger partial charge in [-0.2, -0.15) is 0 Å². The summed E-state index contributed by atoms with van der Waals surface area (Å²) in [4.78, 5) is 11.3. The summed E-state index contributed by atoms with van der Waals surface area (Å²) >= 11 is 0. The van der Waals surface area contributed by atoms with Crippen molar-refractivity contribution in [3.05, 3.63) is 35.4 Å². The summed E-state index contributed by atoms with van der Waals surface area (Å²) in [7, 11) is 0. The van der Waals surface area contributed by atoms with Crippen LogP contribution in [0.15, 0.2) is 24.3 Å². The molecule has 0 spiro atoms. The quantitative estimate of drug-likeness (QED) is 0.665. The zero-order valence-electron chi connectivity index (χ0n) is 8.04. The van der Waals surface area contributed by atoms with Crippen molar-refractivity contribution in [2.24, 2.45) is 0 Å². The summed E-state index contributed by atoms with van der Waals surface area (Å²) in [5.41, 5.74) is 1.71. The predicted molar refractivity (Wildman–Crippen MR) is 51.8 cm³/mol. The molecule has 13 heavy (non-hydrogen) atoms. The second-order valence-corrected chi connectivity index (χ2v) is 3.01. The van der Waals surface area contributed by atoms with Crippen LogP contribution in [0, 0.1) is 6.92 Å². The highest BCUT2D eigenvalue weighted by Gasteiger charge is 2.05. The molecule has 0 atom stereocenters. The number of benzene rings is 1. The number of carbonyl (C=O) groups excluding carboxylic acids is 1. The van der Waals surface area contributed by atoms with Crippen molar-refractivity contribution in [3.8, 4) is 0 Å². The standard InChI is InChI=1S/C11H14O2/c1-3-7-13-11(12)10-6-4-5-9(2)8-10/h4-6,8H,3,7H2,1-2H3. The molecule has 2 nitrogen and oxygen atoms in total. The molecule has 0 radical (unpaired) electrons. The Morgan fingerprint density at radius 1 is 1.46 bits per heavy atom. The Balaban J connectivity index is 2.66. The van der Waals surface area contributed by atoms with E-state index in [2.05, 4.69) is 0 Å². The van der Waals surface area contributed by atoms with Crippen LogP contribution in [0.2, 0.25) is 0 Å². The van der Waals surface area contributed by atoms with Crippen LogP contribution in [0.1, 0.15) is 29.3 Å². The van der Waals surface area contributed by atoms with Gasteiger partial charge in [-0.15, -0.1) is 0 Å². The largest absolute Gasteiger partial charge is 0.462 e. The van der Waals surface area contributed by atoms with Gasteiger partial charge in [0.05, 0.1) is 12.2 Å². The minimum Gasteiger partial charge on any atom is -0.462 e. The van der Waals surface area contributed by atoms with E-state index in [-0.39, 0.29) is 5.97 Å². The first kappa shape index (κ1) is 9.78. The topological polar surface area (TPSA) is 26.3 Å². The van der Waals surface area contributed by atoms with Gasteiger partial charge in [0.15, 0.2) is 0 Å². The molecule has 0 N–H and O–H groups in total. The van der Waals surface area contributed by atoms with Crippen molar-refractivity contribution >= 4 is 5.97 Å². The van der Waals surface area contributed by atoms with E-state index < -0.39 is 0 Å². The smallest absolute Gasteiger partial charge is 0.338 e. The first-order valence-corrected chi connectivity index (χ1v) is 4.48. The Kier molecular flexibility index (Phi) is 3.50. The molecule has 0 amide bonds. The van der Waals surface area contributed by atoms with Crippen molar-refractivity contribution in [1.82, 2.24) is 0 Å². The molecule has 0 aliphatic carbocycles. The molecule has 0 bridgehead atoms. The molecule has 0 aliphatic heterocycles. The Labute approximate surface area is 78.5 Å². The molecule has 1 rings (SSSR count). The van der Waals surface area contributed by atoms with Crippen LogP contribution in [0.3, 0.4) is 0 Å². The van der Waals surface area contributed by atoms with Crippen molar-refractivity contribution in [2.45, 2.75) is 20.3 Å². The van der Waals surface area contributed by atoms with E-state index in [4.69, 9.17) is 4.74 Å². The van der Waals surface area contributed by atoms with E-state index in [1.54, 1.807) is 6.07 Å². The Hall–Kier alpha value is -1.31. The minimum atomic E-state index is -0.231. The fourth-order valence-electron chi connectivity index (χ4n) is 1.05. The molecule has 0 aliphatic rings. The SMILES string of the molecule is CCCOC(=O)c1cccc(C)c1. The number of carbonyl (C=O) groups is 1. The second-order valence-electron chi connectivity index (χ2n) is 3.01. The van der Waals surface area contributed by atoms with Crippen LogP contribution in [0.5, 0.6) is 0 Å². The molecule has 0 fully saturated rings. The summed E-state index contributed by atoms with van der Waals surface area (Å²) in [6.45, 7) is 4.42. The van der Waals surface area contributed by atoms with Gasteiger partial charge in [0.2, 0.25) is 0 Å². The molecular formula is C11H14O2. The van der Waals surface area contributed by atoms with E-state index in [9.17, 15) is 4.79 Å². The summed E-state index contributed by atoms with van der Waals surface area (Å²) in [5, 5.41) is 0. The van der Waals surface area contributed by atoms with Crippen LogP contribution in [-0.2, 0) is 4.74 Å². The lowest BCUT2D eigenvalue weighted by Crippen LogP contribution is -2.05. The Morgan fingerprint density at radius 2 is 2.23 bits per heavy atom. The lowest BCUT2D eigenvalue weighted by Gasteiger charge is -2.02. The van der Waals surface area contributed by atoms with E-state index >= 15 is 0 Å². The van der Waals surface area contributed by atoms with E-state index in [0.717, 1.165) is 12.0 Å². The zero-order chi connectivity index (χ0) is 9.68. The summed E-state index contributed by atoms with van der Waals surface area (Å²) in [6.07, 6.45) is 0.859. The molecular weight excluding hydrogens is 164 g/mol. The monoisotopic (exact) mass is 178 g/mol. The first-order valence-electron chi connectivity index (χ1n) is 4.48. The highest BCUT2D eigenvalue weighted by atomic mass is 16.5. The van der Waals surface area contributed by atoms with Gasteiger partial charge in [0.25, 0.3) is 0 Å². The van der Waals surface area contributed by atoms with Crippen LogP contribution in [0.4, 0.5) is 0 Å². The maximum absolute atomic E-state index is 11.3. The van der Waals surface area contributed by atoms with E-state index in [0.29, 0.717) is 12.2 Å². The third-order valence-corrected chi connectivity index (χ3v) is 1.69. The van der Waals surface area contributed by atoms with Gasteiger partial charge in [-0.05, 0) is 25.5 Å². The highest BCUT2D eigenvalue weighted by Crippen LogP contribution is 2.05. The molecule has 0 saturated heterocycles. The number of rotatable bonds is 3. The number of hydrogen-bond donors (Lipinski definition) is 0. The summed E-state index contributed by atoms with van der Waals surface area (Å²) in [6, 6.07) is 7.41. The van der Waals surface area contributed by atoms with Gasteiger partial charge in [0.1, 0.15) is 0 Å². The normalized spacial score (nSPS) is 9.69. The van der Waals surface area contributed by atoms with Crippen LogP contribution < -0.4 is 0 Å². The zero-order valence-corrected chi connectivity index (χ0v) is 8.04. The predicted octanol–water partition coefficient (Wildman–Crippen LogP) is 2.56. The van der Waals surface area contributed by atoms with Crippen LogP contribution >= 0.6 is 0 Å². The van der Waals surface area contributed by atoms with Gasteiger partial charge in [-0.1, -0.05) is 24.6 Å². The molecule has 1 aromatic carbocycles. The van der Waals surface area contributed by atoms with E-state index in [1.165, 1.54) is 0 Å². The van der Waals surface area contributed by atoms with Crippen molar-refractivity contribution in [2.75, 3.05) is 6.61 Å². The molecule has 0 aromatic heterocycles. The summed E-state index contributed by atoms with van der Waals surface area (Å²) < 4.78 is 4.99. The van der Waals surface area contributed by atoms with Gasteiger partial charge >= 0.3 is 5.97 Å². The number of ether oxygens (including phenoxy) is 1. The van der Waals surface area contributed by atoms with Gasteiger partial charge < -0.3 is 4.74 Å². The lowest BCUT2D eigenvalue weighted by atomic mass is 10.1. The highest BCUT2D eigenvalue weighted by molar-refractivity contribution is 5.89. The second kappa shape index (κ2) is 4.65. The number of hydrogen-bond acceptors (Lipinski definition) is 2. The Bertz CT molecular complexity index is 292. The van der Waals surface area contributed by atoms with Crippen LogP contribution in [0.25, 0.3) is 0 Å². The molecule has 0 saturated carbocycles. The molecule has 2 heteroatoms. The number of esters is 1. The first-order chi connectivity index (χ1) is 6.24. The third kappa shape index (κ3) is 2.90. The van der Waals surface area contributed by atoms with Gasteiger partial charge in [-0.25, -0.2) is 4.79 Å². The lowest BCUT2D eigenvalue weighted by molar-refractivity contribution is 0.0505. The van der Waals surface area contributed by atoms with Crippen molar-refractivity contribution in [1.29, 1.82) is 0 Å². The van der Waals surface area contributed by atoms with E-state index in [1.807, 2.05) is 32.0 Å². The van der Waals surface area contributed by atoms with Crippen molar-refractivity contribution in [3.63, 3.8) is 0 Å². The average Bonchev–Trinajstić information content (AvgIpc) is 2.14. The van der Waals surface area contributed by atoms with Gasteiger partial charge in [-0.3, -0.25) is 0 Å².